The second-order valence-electron chi connectivity index (χ2n) is 8.06. The predicted octanol–water partition coefficient (Wildman–Crippen LogP) is 3.94. The van der Waals surface area contributed by atoms with Crippen molar-refractivity contribution in [3.63, 3.8) is 0 Å². The van der Waals surface area contributed by atoms with Gasteiger partial charge in [0.15, 0.2) is 5.13 Å². The molecule has 0 unspecified atom stereocenters. The molecule has 8 nitrogen and oxygen atoms in total. The molecule has 1 aromatic carbocycles. The van der Waals surface area contributed by atoms with Crippen LogP contribution in [0.25, 0.3) is 10.2 Å². The van der Waals surface area contributed by atoms with E-state index in [0.29, 0.717) is 36.2 Å². The Kier molecular flexibility index (Phi) is 6.23. The molecule has 1 fully saturated rings. The molecule has 154 valence electrons. The lowest BCUT2D eigenvalue weighted by atomic mass is 9.97. The minimum Gasteiger partial charge on any atom is -0.444 e. The first-order valence-corrected chi connectivity index (χ1v) is 10.4. The number of benzene rings is 1. The molecule has 3 rings (SSSR count). The van der Waals surface area contributed by atoms with Crippen molar-refractivity contribution in [2.75, 3.05) is 25.0 Å². The van der Waals surface area contributed by atoms with Gasteiger partial charge in [-0.25, -0.2) is 14.6 Å². The van der Waals surface area contributed by atoms with Crippen molar-refractivity contribution in [2.45, 2.75) is 39.2 Å². The monoisotopic (exact) mass is 415 g/mol. The molecule has 0 aliphatic carbocycles. The highest BCUT2D eigenvalue weighted by molar-refractivity contribution is 7.22. The van der Waals surface area contributed by atoms with E-state index in [1.165, 1.54) is 11.3 Å². The van der Waals surface area contributed by atoms with Crippen molar-refractivity contribution in [2.24, 2.45) is 5.92 Å². The molecule has 29 heavy (non-hydrogen) atoms. The number of hydrogen-bond acceptors (Lipinski definition) is 6. The second kappa shape index (κ2) is 8.66. The molecule has 0 radical (unpaired) electrons. The van der Waals surface area contributed by atoms with Crippen LogP contribution >= 0.6 is 11.3 Å². The van der Waals surface area contributed by atoms with Crippen LogP contribution in [0.3, 0.4) is 0 Å². The zero-order chi connectivity index (χ0) is 21.0. The average Bonchev–Trinajstić information content (AvgIpc) is 3.06. The molecule has 1 aromatic heterocycles. The van der Waals surface area contributed by atoms with E-state index in [2.05, 4.69) is 21.7 Å². The van der Waals surface area contributed by atoms with Crippen LogP contribution in [0.2, 0.25) is 0 Å². The maximum atomic E-state index is 12.2. The molecular weight excluding hydrogens is 390 g/mol. The van der Waals surface area contributed by atoms with Gasteiger partial charge < -0.3 is 15.0 Å². The third kappa shape index (κ3) is 5.81. The van der Waals surface area contributed by atoms with E-state index in [9.17, 15) is 9.59 Å². The Morgan fingerprint density at radius 1 is 1.34 bits per heavy atom. The minimum absolute atomic E-state index is 0.281. The second-order valence-corrected chi connectivity index (χ2v) is 9.09. The van der Waals surface area contributed by atoms with Gasteiger partial charge in [-0.05, 0) is 57.7 Å². The van der Waals surface area contributed by atoms with Crippen LogP contribution in [0, 0.1) is 17.2 Å². The lowest BCUT2D eigenvalue weighted by molar-refractivity contribution is 0.0185. The highest BCUT2D eigenvalue weighted by Gasteiger charge is 2.27. The summed E-state index contributed by atoms with van der Waals surface area (Å²) in [7, 11) is 0. The number of ether oxygens (including phenoxy) is 1. The zero-order valence-corrected chi connectivity index (χ0v) is 17.6. The summed E-state index contributed by atoms with van der Waals surface area (Å²) in [4.78, 5) is 30.4. The molecule has 0 atom stereocenters. The summed E-state index contributed by atoms with van der Waals surface area (Å²) >= 11 is 1.33. The number of nitrogens with zero attached hydrogens (tertiary/aromatic N) is 3. The number of amides is 3. The van der Waals surface area contributed by atoms with Gasteiger partial charge >= 0.3 is 12.1 Å². The van der Waals surface area contributed by atoms with E-state index in [1.807, 2.05) is 20.8 Å². The maximum absolute atomic E-state index is 12.2. The summed E-state index contributed by atoms with van der Waals surface area (Å²) in [5, 5.41) is 15.1. The number of urea groups is 1. The van der Waals surface area contributed by atoms with Gasteiger partial charge in [-0.2, -0.15) is 5.26 Å². The molecule has 0 bridgehead atoms. The van der Waals surface area contributed by atoms with Crippen LogP contribution in [-0.2, 0) is 4.74 Å². The summed E-state index contributed by atoms with van der Waals surface area (Å²) in [5.41, 5.74) is 0.818. The molecule has 9 heteroatoms. The summed E-state index contributed by atoms with van der Waals surface area (Å²) in [5.74, 6) is 0.313. The largest absolute Gasteiger partial charge is 0.444 e. The number of anilines is 1. The first-order chi connectivity index (χ1) is 13.7. The number of aromatic nitrogens is 1. The lowest BCUT2D eigenvalue weighted by Crippen LogP contribution is -2.44. The predicted molar refractivity (Wildman–Crippen MR) is 112 cm³/mol. The Bertz CT molecular complexity index is 936. The van der Waals surface area contributed by atoms with Crippen LogP contribution in [0.15, 0.2) is 18.2 Å². The normalized spacial score (nSPS) is 15.0. The molecule has 3 amide bonds. The van der Waals surface area contributed by atoms with Gasteiger partial charge in [0.2, 0.25) is 0 Å². The van der Waals surface area contributed by atoms with Crippen molar-refractivity contribution >= 4 is 38.8 Å². The van der Waals surface area contributed by atoms with Gasteiger partial charge in [0.25, 0.3) is 0 Å². The quantitative estimate of drug-likeness (QED) is 0.790. The van der Waals surface area contributed by atoms with E-state index in [0.717, 1.165) is 23.1 Å². The summed E-state index contributed by atoms with van der Waals surface area (Å²) in [6.45, 7) is 7.36. The van der Waals surface area contributed by atoms with Gasteiger partial charge in [-0.15, -0.1) is 0 Å². The van der Waals surface area contributed by atoms with E-state index in [4.69, 9.17) is 10.00 Å². The number of carbonyl (C=O) groups is 2. The summed E-state index contributed by atoms with van der Waals surface area (Å²) < 4.78 is 6.26. The van der Waals surface area contributed by atoms with Crippen molar-refractivity contribution in [3.8, 4) is 6.07 Å². The number of piperidine rings is 1. The van der Waals surface area contributed by atoms with Gasteiger partial charge in [0, 0.05) is 19.6 Å². The molecule has 2 heterocycles. The van der Waals surface area contributed by atoms with E-state index < -0.39 is 5.60 Å². The number of nitriles is 1. The number of likely N-dealkylation sites (tertiary alicyclic amines) is 1. The fraction of sp³-hybridized carbons (Fsp3) is 0.500. The third-order valence-corrected chi connectivity index (χ3v) is 5.49. The molecule has 0 spiro atoms. The Labute approximate surface area is 173 Å². The number of fused-ring (bicyclic) bond motifs is 1. The van der Waals surface area contributed by atoms with Crippen molar-refractivity contribution in [3.05, 3.63) is 23.8 Å². The summed E-state index contributed by atoms with van der Waals surface area (Å²) in [6, 6.07) is 7.02. The molecule has 1 saturated heterocycles. The molecule has 2 N–H and O–H groups in total. The van der Waals surface area contributed by atoms with E-state index in [-0.39, 0.29) is 12.1 Å². The standard InChI is InChI=1S/C20H25N5O3S/c1-20(2,3)28-19(27)25-8-6-13(7-9-25)12-22-17(26)24-18-23-15-5-4-14(11-21)10-16(15)29-18/h4-5,10,13H,6-9,12H2,1-3H3,(H2,22,23,24,26). The van der Waals surface area contributed by atoms with Crippen molar-refractivity contribution in [1.82, 2.24) is 15.2 Å². The van der Waals surface area contributed by atoms with Crippen molar-refractivity contribution < 1.29 is 14.3 Å². The summed E-state index contributed by atoms with van der Waals surface area (Å²) in [6.07, 6.45) is 1.35. The number of carbonyl (C=O) groups excluding carboxylic acids is 2. The van der Waals surface area contributed by atoms with Crippen LogP contribution in [0.4, 0.5) is 14.7 Å². The number of thiazole rings is 1. The molecule has 2 aromatic rings. The van der Waals surface area contributed by atoms with Gasteiger partial charge in [-0.3, -0.25) is 5.32 Å². The highest BCUT2D eigenvalue weighted by Crippen LogP contribution is 2.26. The zero-order valence-electron chi connectivity index (χ0n) is 16.8. The number of hydrogen-bond donors (Lipinski definition) is 2. The van der Waals surface area contributed by atoms with Crippen molar-refractivity contribution in [1.29, 1.82) is 5.26 Å². The van der Waals surface area contributed by atoms with Crippen LogP contribution < -0.4 is 10.6 Å². The molecule has 1 aliphatic heterocycles. The minimum atomic E-state index is -0.496. The molecule has 0 saturated carbocycles. The maximum Gasteiger partial charge on any atom is 0.410 e. The first-order valence-electron chi connectivity index (χ1n) is 9.57. The smallest absolute Gasteiger partial charge is 0.410 e. The van der Waals surface area contributed by atoms with Gasteiger partial charge in [-0.1, -0.05) is 11.3 Å². The van der Waals surface area contributed by atoms with Gasteiger partial charge in [0.1, 0.15) is 5.60 Å². The fourth-order valence-electron chi connectivity index (χ4n) is 3.07. The van der Waals surface area contributed by atoms with Gasteiger partial charge in [0.05, 0.1) is 21.8 Å². The molecule has 1 aliphatic rings. The first kappa shape index (κ1) is 20.9. The van der Waals surface area contributed by atoms with E-state index >= 15 is 0 Å². The third-order valence-electron chi connectivity index (χ3n) is 4.56. The van der Waals surface area contributed by atoms with Crippen LogP contribution in [0.5, 0.6) is 0 Å². The topological polar surface area (TPSA) is 107 Å². The Hall–Kier alpha value is -2.86. The Morgan fingerprint density at radius 3 is 2.72 bits per heavy atom. The highest BCUT2D eigenvalue weighted by atomic mass is 32.1. The Morgan fingerprint density at radius 2 is 2.07 bits per heavy atom. The number of nitrogens with one attached hydrogen (secondary N) is 2. The Balaban J connectivity index is 1.43. The SMILES string of the molecule is CC(C)(C)OC(=O)N1CCC(CNC(=O)Nc2nc3ccc(C#N)cc3s2)CC1. The molecular formula is C20H25N5O3S. The average molecular weight is 416 g/mol. The van der Waals surface area contributed by atoms with Crippen LogP contribution in [0.1, 0.15) is 39.2 Å². The lowest BCUT2D eigenvalue weighted by Gasteiger charge is -2.33. The number of rotatable bonds is 3. The van der Waals surface area contributed by atoms with E-state index in [1.54, 1.807) is 23.1 Å². The van der Waals surface area contributed by atoms with Crippen LogP contribution in [-0.4, -0.2) is 47.2 Å². The fourth-order valence-corrected chi connectivity index (χ4v) is 3.97.